The Morgan fingerprint density at radius 1 is 1.30 bits per heavy atom. The van der Waals surface area contributed by atoms with Gasteiger partial charge in [0.2, 0.25) is 5.91 Å². The second-order valence-electron chi connectivity index (χ2n) is 6.56. The third kappa shape index (κ3) is 2.24. The molecule has 1 heterocycles. The summed E-state index contributed by atoms with van der Waals surface area (Å²) in [6.07, 6.45) is 4.08. The minimum absolute atomic E-state index is 0.0331. The fourth-order valence-corrected chi connectivity index (χ4v) is 3.76. The summed E-state index contributed by atoms with van der Waals surface area (Å²) < 4.78 is 0. The first kappa shape index (κ1) is 13.6. The number of hydrogen-bond acceptors (Lipinski definition) is 2. The Labute approximate surface area is 121 Å². The molecule has 1 aromatic rings. The van der Waals surface area contributed by atoms with Crippen LogP contribution in [0.3, 0.4) is 0 Å². The van der Waals surface area contributed by atoms with E-state index in [1.54, 1.807) is 0 Å². The van der Waals surface area contributed by atoms with Crippen LogP contribution in [0.15, 0.2) is 30.3 Å². The normalized spacial score (nSPS) is 33.6. The first-order chi connectivity index (χ1) is 9.61. The number of rotatable bonds is 2. The van der Waals surface area contributed by atoms with E-state index in [1.807, 2.05) is 11.0 Å². The maximum Gasteiger partial charge on any atom is 0.230 e. The molecule has 108 valence electrons. The Morgan fingerprint density at radius 2 is 2.05 bits per heavy atom. The smallest absolute Gasteiger partial charge is 0.230 e. The first-order valence-corrected chi connectivity index (χ1v) is 7.71. The van der Waals surface area contributed by atoms with E-state index in [2.05, 4.69) is 31.2 Å². The van der Waals surface area contributed by atoms with Crippen LogP contribution >= 0.6 is 0 Å². The second-order valence-corrected chi connectivity index (χ2v) is 6.56. The van der Waals surface area contributed by atoms with E-state index in [9.17, 15) is 4.79 Å². The van der Waals surface area contributed by atoms with Crippen molar-refractivity contribution in [2.75, 3.05) is 13.1 Å². The van der Waals surface area contributed by atoms with Gasteiger partial charge in [0.1, 0.15) is 0 Å². The van der Waals surface area contributed by atoms with Gasteiger partial charge in [0.05, 0.1) is 5.41 Å². The van der Waals surface area contributed by atoms with Crippen LogP contribution in [0.5, 0.6) is 0 Å². The molecule has 0 aromatic heterocycles. The number of carbonyl (C=O) groups excluding carboxylic acids is 1. The topological polar surface area (TPSA) is 46.3 Å². The Morgan fingerprint density at radius 3 is 2.70 bits per heavy atom. The van der Waals surface area contributed by atoms with Crippen LogP contribution in [0, 0.1) is 5.41 Å². The monoisotopic (exact) mass is 272 g/mol. The lowest BCUT2D eigenvalue weighted by atomic mass is 9.83. The molecule has 1 aliphatic carbocycles. The van der Waals surface area contributed by atoms with Gasteiger partial charge in [0.15, 0.2) is 0 Å². The van der Waals surface area contributed by atoms with Crippen LogP contribution in [0.1, 0.15) is 44.1 Å². The highest BCUT2D eigenvalue weighted by molar-refractivity contribution is 5.84. The largest absolute Gasteiger partial charge is 0.342 e. The van der Waals surface area contributed by atoms with Gasteiger partial charge in [-0.3, -0.25) is 4.79 Å². The standard InChI is InChI=1S/C17H24N2O/c1-17(10-5-8-15(17)18)16(20)19-11-9-14(12-19)13-6-3-2-4-7-13/h2-4,6-7,14-15H,5,8-12,18H2,1H3. The number of amides is 1. The highest BCUT2D eigenvalue weighted by Crippen LogP contribution is 2.40. The summed E-state index contributed by atoms with van der Waals surface area (Å²) in [6, 6.07) is 10.6. The third-order valence-electron chi connectivity index (χ3n) is 5.26. The molecule has 0 spiro atoms. The van der Waals surface area contributed by atoms with Crippen molar-refractivity contribution in [2.45, 2.75) is 44.6 Å². The molecule has 0 bridgehead atoms. The van der Waals surface area contributed by atoms with Gasteiger partial charge in [-0.1, -0.05) is 36.8 Å². The van der Waals surface area contributed by atoms with Crippen LogP contribution in [0.4, 0.5) is 0 Å². The van der Waals surface area contributed by atoms with Crippen LogP contribution in [-0.2, 0) is 4.79 Å². The summed E-state index contributed by atoms with van der Waals surface area (Å²) >= 11 is 0. The lowest BCUT2D eigenvalue weighted by molar-refractivity contribution is -0.140. The van der Waals surface area contributed by atoms with E-state index in [-0.39, 0.29) is 17.4 Å². The summed E-state index contributed by atoms with van der Waals surface area (Å²) in [5.74, 6) is 0.766. The Bertz CT molecular complexity index is 487. The Balaban J connectivity index is 1.70. The number of carbonyl (C=O) groups is 1. The van der Waals surface area contributed by atoms with Crippen molar-refractivity contribution < 1.29 is 4.79 Å². The molecule has 3 unspecified atom stereocenters. The number of nitrogens with two attached hydrogens (primary N) is 1. The fraction of sp³-hybridized carbons (Fsp3) is 0.588. The average molecular weight is 272 g/mol. The molecular formula is C17H24N2O. The molecule has 3 nitrogen and oxygen atoms in total. The van der Waals surface area contributed by atoms with Crippen molar-refractivity contribution in [3.8, 4) is 0 Å². The van der Waals surface area contributed by atoms with Crippen molar-refractivity contribution in [1.29, 1.82) is 0 Å². The van der Waals surface area contributed by atoms with Crippen molar-refractivity contribution in [3.63, 3.8) is 0 Å². The van der Waals surface area contributed by atoms with Gasteiger partial charge in [-0.15, -0.1) is 0 Å². The molecule has 20 heavy (non-hydrogen) atoms. The zero-order valence-corrected chi connectivity index (χ0v) is 12.2. The SMILES string of the molecule is CC1(C(=O)N2CCC(c3ccccc3)C2)CCCC1N. The predicted octanol–water partition coefficient (Wildman–Crippen LogP) is 2.52. The highest BCUT2D eigenvalue weighted by Gasteiger charge is 2.46. The molecule has 1 amide bonds. The second kappa shape index (κ2) is 5.21. The molecule has 1 saturated heterocycles. The number of nitrogens with zero attached hydrogens (tertiary/aromatic N) is 1. The summed E-state index contributed by atoms with van der Waals surface area (Å²) in [5, 5.41) is 0. The summed E-state index contributed by atoms with van der Waals surface area (Å²) in [4.78, 5) is 14.8. The molecule has 1 aliphatic heterocycles. The average Bonchev–Trinajstić information content (AvgIpc) is 3.08. The number of likely N-dealkylation sites (tertiary alicyclic amines) is 1. The number of benzene rings is 1. The van der Waals surface area contributed by atoms with Gasteiger partial charge < -0.3 is 10.6 Å². The Kier molecular flexibility index (Phi) is 3.55. The van der Waals surface area contributed by atoms with E-state index < -0.39 is 0 Å². The molecule has 0 radical (unpaired) electrons. The summed E-state index contributed by atoms with van der Waals surface area (Å²) in [5.41, 5.74) is 7.20. The van der Waals surface area contributed by atoms with E-state index in [0.717, 1.165) is 38.8 Å². The Hall–Kier alpha value is -1.35. The minimum Gasteiger partial charge on any atom is -0.342 e. The van der Waals surface area contributed by atoms with E-state index in [0.29, 0.717) is 5.92 Å². The van der Waals surface area contributed by atoms with Crippen LogP contribution in [0.25, 0.3) is 0 Å². The van der Waals surface area contributed by atoms with Crippen molar-refractivity contribution in [1.82, 2.24) is 4.90 Å². The maximum atomic E-state index is 12.8. The molecular weight excluding hydrogens is 248 g/mol. The van der Waals surface area contributed by atoms with Gasteiger partial charge in [-0.25, -0.2) is 0 Å². The third-order valence-corrected chi connectivity index (χ3v) is 5.26. The molecule has 3 rings (SSSR count). The fourth-order valence-electron chi connectivity index (χ4n) is 3.76. The molecule has 2 aliphatic rings. The van der Waals surface area contributed by atoms with Crippen LogP contribution < -0.4 is 5.73 Å². The molecule has 1 saturated carbocycles. The molecule has 2 fully saturated rings. The minimum atomic E-state index is -0.328. The van der Waals surface area contributed by atoms with Gasteiger partial charge in [-0.2, -0.15) is 0 Å². The van der Waals surface area contributed by atoms with Crippen molar-refractivity contribution >= 4 is 5.91 Å². The van der Waals surface area contributed by atoms with Gasteiger partial charge in [0, 0.05) is 25.0 Å². The van der Waals surface area contributed by atoms with E-state index >= 15 is 0 Å². The molecule has 2 N–H and O–H groups in total. The molecule has 3 atom stereocenters. The zero-order valence-electron chi connectivity index (χ0n) is 12.2. The zero-order chi connectivity index (χ0) is 14.2. The number of hydrogen-bond donors (Lipinski definition) is 1. The van der Waals surface area contributed by atoms with Crippen LogP contribution in [-0.4, -0.2) is 29.9 Å². The van der Waals surface area contributed by atoms with Gasteiger partial charge >= 0.3 is 0 Å². The lowest BCUT2D eigenvalue weighted by Crippen LogP contribution is -2.48. The maximum absolute atomic E-state index is 12.8. The van der Waals surface area contributed by atoms with Crippen LogP contribution in [0.2, 0.25) is 0 Å². The lowest BCUT2D eigenvalue weighted by Gasteiger charge is -2.32. The van der Waals surface area contributed by atoms with Gasteiger partial charge in [0.25, 0.3) is 0 Å². The van der Waals surface area contributed by atoms with E-state index in [4.69, 9.17) is 5.73 Å². The van der Waals surface area contributed by atoms with Crippen molar-refractivity contribution in [2.24, 2.45) is 11.1 Å². The van der Waals surface area contributed by atoms with Crippen molar-refractivity contribution in [3.05, 3.63) is 35.9 Å². The first-order valence-electron chi connectivity index (χ1n) is 7.71. The predicted molar refractivity (Wildman–Crippen MR) is 80.3 cm³/mol. The quantitative estimate of drug-likeness (QED) is 0.899. The molecule has 3 heteroatoms. The molecule has 1 aromatic carbocycles. The highest BCUT2D eigenvalue weighted by atomic mass is 16.2. The van der Waals surface area contributed by atoms with Gasteiger partial charge in [-0.05, 0) is 31.7 Å². The van der Waals surface area contributed by atoms with E-state index in [1.165, 1.54) is 5.56 Å². The summed E-state index contributed by atoms with van der Waals surface area (Å²) in [6.45, 7) is 3.79. The summed E-state index contributed by atoms with van der Waals surface area (Å²) in [7, 11) is 0.